The van der Waals surface area contributed by atoms with Crippen molar-refractivity contribution in [2.75, 3.05) is 13.7 Å². The van der Waals surface area contributed by atoms with Crippen molar-refractivity contribution in [3.63, 3.8) is 0 Å². The minimum Gasteiger partial charge on any atom is -0.497 e. The Morgan fingerprint density at radius 2 is 2.14 bits per heavy atom. The molecule has 0 aromatic heterocycles. The Bertz CT molecular complexity index is 493. The SMILES string of the molecule is CCC(C)C(N)C(=O)N1CCc2ccc(OC)cc2C1.Cl. The summed E-state index contributed by atoms with van der Waals surface area (Å²) in [5, 5.41) is 0. The van der Waals surface area contributed by atoms with Crippen LogP contribution < -0.4 is 10.5 Å². The highest BCUT2D eigenvalue weighted by molar-refractivity contribution is 5.85. The summed E-state index contributed by atoms with van der Waals surface area (Å²) in [7, 11) is 1.66. The second-order valence-electron chi connectivity index (χ2n) is 5.56. The highest BCUT2D eigenvalue weighted by Crippen LogP contribution is 2.24. The number of amides is 1. The first-order valence-electron chi connectivity index (χ1n) is 7.27. The van der Waals surface area contributed by atoms with Gasteiger partial charge in [-0.05, 0) is 35.6 Å². The average Bonchev–Trinajstić information content (AvgIpc) is 2.51. The van der Waals surface area contributed by atoms with E-state index >= 15 is 0 Å². The van der Waals surface area contributed by atoms with Crippen LogP contribution in [0.25, 0.3) is 0 Å². The lowest BCUT2D eigenvalue weighted by atomic mass is 9.95. The summed E-state index contributed by atoms with van der Waals surface area (Å²) in [5.74, 6) is 1.12. The van der Waals surface area contributed by atoms with Crippen LogP contribution in [0.5, 0.6) is 5.75 Å². The summed E-state index contributed by atoms with van der Waals surface area (Å²) in [6, 6.07) is 5.68. The van der Waals surface area contributed by atoms with E-state index in [1.54, 1.807) is 7.11 Å². The Morgan fingerprint density at radius 3 is 2.76 bits per heavy atom. The van der Waals surface area contributed by atoms with Crippen LogP contribution in [0.2, 0.25) is 0 Å². The molecule has 0 saturated carbocycles. The van der Waals surface area contributed by atoms with Gasteiger partial charge in [-0.3, -0.25) is 4.79 Å². The number of benzene rings is 1. The number of hydrogen-bond donors (Lipinski definition) is 1. The number of nitrogens with zero attached hydrogens (tertiary/aromatic N) is 1. The summed E-state index contributed by atoms with van der Waals surface area (Å²) in [6.07, 6.45) is 1.81. The molecule has 4 nitrogen and oxygen atoms in total. The van der Waals surface area contributed by atoms with Crippen molar-refractivity contribution in [1.82, 2.24) is 4.90 Å². The predicted molar refractivity (Wildman–Crippen MR) is 86.8 cm³/mol. The van der Waals surface area contributed by atoms with Gasteiger partial charge < -0.3 is 15.4 Å². The van der Waals surface area contributed by atoms with Gasteiger partial charge in [0.05, 0.1) is 13.2 Å². The number of ether oxygens (including phenoxy) is 1. The number of hydrogen-bond acceptors (Lipinski definition) is 3. The van der Waals surface area contributed by atoms with E-state index in [-0.39, 0.29) is 24.2 Å². The molecular weight excluding hydrogens is 288 g/mol. The molecule has 0 radical (unpaired) electrons. The van der Waals surface area contributed by atoms with E-state index in [1.165, 1.54) is 11.1 Å². The molecule has 2 rings (SSSR count). The van der Waals surface area contributed by atoms with Gasteiger partial charge in [-0.25, -0.2) is 0 Å². The summed E-state index contributed by atoms with van der Waals surface area (Å²) in [5.41, 5.74) is 8.53. The molecule has 21 heavy (non-hydrogen) atoms. The fourth-order valence-corrected chi connectivity index (χ4v) is 2.56. The molecule has 1 aliphatic heterocycles. The van der Waals surface area contributed by atoms with Gasteiger partial charge in [0, 0.05) is 13.1 Å². The van der Waals surface area contributed by atoms with E-state index in [0.717, 1.165) is 25.1 Å². The van der Waals surface area contributed by atoms with E-state index in [1.807, 2.05) is 24.0 Å². The van der Waals surface area contributed by atoms with Crippen LogP contribution in [-0.4, -0.2) is 30.5 Å². The zero-order valence-corrected chi connectivity index (χ0v) is 13.8. The van der Waals surface area contributed by atoms with Gasteiger partial charge in [0.15, 0.2) is 0 Å². The summed E-state index contributed by atoms with van der Waals surface area (Å²) in [4.78, 5) is 14.3. The lowest BCUT2D eigenvalue weighted by molar-refractivity contribution is -0.134. The van der Waals surface area contributed by atoms with Crippen molar-refractivity contribution in [3.8, 4) is 5.75 Å². The van der Waals surface area contributed by atoms with Gasteiger partial charge in [0.2, 0.25) is 5.91 Å². The number of carbonyl (C=O) groups excluding carboxylic acids is 1. The molecule has 5 heteroatoms. The van der Waals surface area contributed by atoms with Gasteiger partial charge in [-0.2, -0.15) is 0 Å². The van der Waals surface area contributed by atoms with E-state index in [2.05, 4.69) is 13.0 Å². The maximum atomic E-state index is 12.4. The Hall–Kier alpha value is -1.26. The first-order valence-corrected chi connectivity index (χ1v) is 7.27. The van der Waals surface area contributed by atoms with Crippen LogP contribution in [-0.2, 0) is 17.8 Å². The van der Waals surface area contributed by atoms with Crippen molar-refractivity contribution < 1.29 is 9.53 Å². The Balaban J connectivity index is 0.00000220. The molecule has 1 aliphatic rings. The number of carbonyl (C=O) groups is 1. The third-order valence-electron chi connectivity index (χ3n) is 4.28. The summed E-state index contributed by atoms with van der Waals surface area (Å²) in [6.45, 7) is 5.48. The van der Waals surface area contributed by atoms with Crippen LogP contribution in [0.1, 0.15) is 31.4 Å². The zero-order valence-electron chi connectivity index (χ0n) is 13.0. The fourth-order valence-electron chi connectivity index (χ4n) is 2.56. The van der Waals surface area contributed by atoms with Crippen LogP contribution in [0.3, 0.4) is 0 Å². The first kappa shape index (κ1) is 17.8. The fraction of sp³-hybridized carbons (Fsp3) is 0.562. The number of fused-ring (bicyclic) bond motifs is 1. The second kappa shape index (κ2) is 7.66. The smallest absolute Gasteiger partial charge is 0.240 e. The second-order valence-corrected chi connectivity index (χ2v) is 5.56. The van der Waals surface area contributed by atoms with Gasteiger partial charge in [0.25, 0.3) is 0 Å². The van der Waals surface area contributed by atoms with Gasteiger partial charge in [-0.15, -0.1) is 12.4 Å². The van der Waals surface area contributed by atoms with Crippen molar-refractivity contribution in [3.05, 3.63) is 29.3 Å². The summed E-state index contributed by atoms with van der Waals surface area (Å²) < 4.78 is 5.25. The topological polar surface area (TPSA) is 55.6 Å². The maximum Gasteiger partial charge on any atom is 0.240 e. The molecule has 2 atom stereocenters. The quantitative estimate of drug-likeness (QED) is 0.928. The van der Waals surface area contributed by atoms with Crippen LogP contribution in [0.15, 0.2) is 18.2 Å². The number of halogens is 1. The monoisotopic (exact) mass is 312 g/mol. The molecule has 0 aliphatic carbocycles. The summed E-state index contributed by atoms with van der Waals surface area (Å²) >= 11 is 0. The first-order chi connectivity index (χ1) is 9.56. The highest BCUT2D eigenvalue weighted by atomic mass is 35.5. The van der Waals surface area contributed by atoms with Crippen molar-refractivity contribution in [1.29, 1.82) is 0 Å². The number of nitrogens with two attached hydrogens (primary N) is 1. The van der Waals surface area contributed by atoms with Crippen LogP contribution in [0, 0.1) is 5.92 Å². The molecule has 2 N–H and O–H groups in total. The average molecular weight is 313 g/mol. The molecule has 0 bridgehead atoms. The number of rotatable bonds is 4. The third kappa shape index (κ3) is 3.89. The van der Waals surface area contributed by atoms with Crippen LogP contribution in [0.4, 0.5) is 0 Å². The Kier molecular flexibility index (Phi) is 6.49. The minimum atomic E-state index is -0.396. The normalized spacial score (nSPS) is 16.5. The molecule has 118 valence electrons. The maximum absolute atomic E-state index is 12.4. The Morgan fingerprint density at radius 1 is 1.43 bits per heavy atom. The molecule has 1 aromatic carbocycles. The molecule has 0 saturated heterocycles. The van der Waals surface area contributed by atoms with E-state index in [9.17, 15) is 4.79 Å². The van der Waals surface area contributed by atoms with Crippen LogP contribution >= 0.6 is 12.4 Å². The van der Waals surface area contributed by atoms with E-state index < -0.39 is 6.04 Å². The van der Waals surface area contributed by atoms with E-state index in [0.29, 0.717) is 6.54 Å². The molecule has 1 amide bonds. The van der Waals surface area contributed by atoms with Crippen molar-refractivity contribution >= 4 is 18.3 Å². The lowest BCUT2D eigenvalue weighted by Crippen LogP contribution is -2.48. The Labute approximate surface area is 133 Å². The molecule has 1 aromatic rings. The van der Waals surface area contributed by atoms with Gasteiger partial charge in [0.1, 0.15) is 5.75 Å². The van der Waals surface area contributed by atoms with Crippen molar-refractivity contribution in [2.24, 2.45) is 11.7 Å². The zero-order chi connectivity index (χ0) is 14.7. The largest absolute Gasteiger partial charge is 0.497 e. The number of methoxy groups -OCH3 is 1. The molecule has 1 heterocycles. The van der Waals surface area contributed by atoms with E-state index in [4.69, 9.17) is 10.5 Å². The lowest BCUT2D eigenvalue weighted by Gasteiger charge is -2.32. The minimum absolute atomic E-state index is 0. The predicted octanol–water partition coefficient (Wildman–Crippen LogP) is 2.38. The third-order valence-corrected chi connectivity index (χ3v) is 4.28. The standard InChI is InChI=1S/C16H24N2O2.ClH/c1-4-11(2)15(17)16(19)18-8-7-12-5-6-14(20-3)9-13(12)10-18;/h5-6,9,11,15H,4,7-8,10,17H2,1-3H3;1H. The van der Waals surface area contributed by atoms with Crippen molar-refractivity contribution in [2.45, 2.75) is 39.3 Å². The van der Waals surface area contributed by atoms with Gasteiger partial charge in [-0.1, -0.05) is 26.3 Å². The highest BCUT2D eigenvalue weighted by Gasteiger charge is 2.27. The molecule has 2 unspecified atom stereocenters. The molecule has 0 fully saturated rings. The molecule has 0 spiro atoms. The molecular formula is C16H25ClN2O2. The van der Waals surface area contributed by atoms with Gasteiger partial charge >= 0.3 is 0 Å².